The Morgan fingerprint density at radius 3 is 3.17 bits per heavy atom. The molecule has 0 aliphatic carbocycles. The van der Waals surface area contributed by atoms with E-state index in [1.165, 1.54) is 5.57 Å². The molecule has 0 atom stereocenters. The van der Waals surface area contributed by atoms with E-state index < -0.39 is 0 Å². The standard InChI is InChI=1S/C8H14N2O2/c1-9-8(11)10-6-7-2-4-12-5-3-7/h2H,3-6H2,1H3,(H2,9,10,11). The number of hydrogen-bond donors (Lipinski definition) is 2. The number of ether oxygens (including phenoxy) is 1. The number of hydrogen-bond acceptors (Lipinski definition) is 2. The number of carbonyl (C=O) groups is 1. The topological polar surface area (TPSA) is 50.4 Å². The highest BCUT2D eigenvalue weighted by atomic mass is 16.5. The molecular formula is C8H14N2O2. The van der Waals surface area contributed by atoms with Gasteiger partial charge in [-0.1, -0.05) is 11.6 Å². The third-order valence-electron chi connectivity index (χ3n) is 1.76. The molecule has 0 saturated carbocycles. The summed E-state index contributed by atoms with van der Waals surface area (Å²) in [6.45, 7) is 2.06. The molecule has 2 N–H and O–H groups in total. The summed E-state index contributed by atoms with van der Waals surface area (Å²) >= 11 is 0. The van der Waals surface area contributed by atoms with Crippen LogP contribution in [0.5, 0.6) is 0 Å². The molecule has 1 rings (SSSR count). The Kier molecular flexibility index (Phi) is 3.60. The predicted molar refractivity (Wildman–Crippen MR) is 46.0 cm³/mol. The van der Waals surface area contributed by atoms with Gasteiger partial charge < -0.3 is 15.4 Å². The minimum atomic E-state index is -0.137. The summed E-state index contributed by atoms with van der Waals surface area (Å²) in [5.41, 5.74) is 1.24. The van der Waals surface area contributed by atoms with Gasteiger partial charge in [0.2, 0.25) is 0 Å². The molecule has 2 amide bonds. The highest BCUT2D eigenvalue weighted by Gasteiger charge is 2.04. The fourth-order valence-corrected chi connectivity index (χ4v) is 1.01. The Labute approximate surface area is 72.0 Å². The van der Waals surface area contributed by atoms with Crippen LogP contribution in [0.3, 0.4) is 0 Å². The van der Waals surface area contributed by atoms with E-state index in [0.29, 0.717) is 13.2 Å². The Balaban J connectivity index is 2.21. The van der Waals surface area contributed by atoms with Crippen LogP contribution in [-0.2, 0) is 4.74 Å². The molecule has 0 bridgehead atoms. The fraction of sp³-hybridized carbons (Fsp3) is 0.625. The van der Waals surface area contributed by atoms with Gasteiger partial charge in [-0.3, -0.25) is 0 Å². The van der Waals surface area contributed by atoms with Crippen LogP contribution < -0.4 is 10.6 Å². The second-order valence-electron chi connectivity index (χ2n) is 2.62. The molecule has 0 aromatic heterocycles. The van der Waals surface area contributed by atoms with Crippen LogP contribution in [-0.4, -0.2) is 32.8 Å². The highest BCUT2D eigenvalue weighted by Crippen LogP contribution is 2.05. The van der Waals surface area contributed by atoms with E-state index in [2.05, 4.69) is 10.6 Å². The summed E-state index contributed by atoms with van der Waals surface area (Å²) in [4.78, 5) is 10.8. The lowest BCUT2D eigenvalue weighted by Crippen LogP contribution is -2.34. The molecule has 1 heterocycles. The maximum atomic E-state index is 10.8. The van der Waals surface area contributed by atoms with Gasteiger partial charge >= 0.3 is 6.03 Å². The normalized spacial score (nSPS) is 16.6. The molecule has 0 fully saturated rings. The Morgan fingerprint density at radius 2 is 2.58 bits per heavy atom. The maximum absolute atomic E-state index is 10.8. The zero-order valence-corrected chi connectivity index (χ0v) is 7.22. The van der Waals surface area contributed by atoms with Crippen molar-refractivity contribution in [2.45, 2.75) is 6.42 Å². The first-order valence-corrected chi connectivity index (χ1v) is 4.04. The maximum Gasteiger partial charge on any atom is 0.314 e. The lowest BCUT2D eigenvalue weighted by molar-refractivity contribution is 0.154. The number of amides is 2. The molecule has 1 aliphatic heterocycles. The van der Waals surface area contributed by atoms with Crippen molar-refractivity contribution in [2.75, 3.05) is 26.8 Å². The zero-order valence-electron chi connectivity index (χ0n) is 7.22. The van der Waals surface area contributed by atoms with E-state index in [4.69, 9.17) is 4.74 Å². The van der Waals surface area contributed by atoms with Crippen LogP contribution in [0.1, 0.15) is 6.42 Å². The second-order valence-corrected chi connectivity index (χ2v) is 2.62. The van der Waals surface area contributed by atoms with Crippen LogP contribution in [0.2, 0.25) is 0 Å². The van der Waals surface area contributed by atoms with Crippen molar-refractivity contribution in [3.8, 4) is 0 Å². The van der Waals surface area contributed by atoms with E-state index in [1.54, 1.807) is 7.05 Å². The molecule has 12 heavy (non-hydrogen) atoms. The number of urea groups is 1. The van der Waals surface area contributed by atoms with Crippen molar-refractivity contribution in [1.82, 2.24) is 10.6 Å². The average molecular weight is 170 g/mol. The van der Waals surface area contributed by atoms with Crippen molar-refractivity contribution in [3.63, 3.8) is 0 Å². The van der Waals surface area contributed by atoms with E-state index in [9.17, 15) is 4.79 Å². The zero-order chi connectivity index (χ0) is 8.81. The highest BCUT2D eigenvalue weighted by molar-refractivity contribution is 5.73. The Morgan fingerprint density at radius 1 is 1.75 bits per heavy atom. The molecule has 0 saturated heterocycles. The summed E-state index contributed by atoms with van der Waals surface area (Å²) in [7, 11) is 1.60. The van der Waals surface area contributed by atoms with Crippen molar-refractivity contribution in [3.05, 3.63) is 11.6 Å². The minimum Gasteiger partial charge on any atom is -0.377 e. The van der Waals surface area contributed by atoms with Crippen molar-refractivity contribution >= 4 is 6.03 Å². The van der Waals surface area contributed by atoms with Crippen LogP contribution >= 0.6 is 0 Å². The van der Waals surface area contributed by atoms with Gasteiger partial charge in [-0.15, -0.1) is 0 Å². The van der Waals surface area contributed by atoms with E-state index >= 15 is 0 Å². The van der Waals surface area contributed by atoms with E-state index in [1.807, 2.05) is 6.08 Å². The van der Waals surface area contributed by atoms with E-state index in [-0.39, 0.29) is 6.03 Å². The van der Waals surface area contributed by atoms with Gasteiger partial charge in [0.05, 0.1) is 13.2 Å². The van der Waals surface area contributed by atoms with Gasteiger partial charge in [0.15, 0.2) is 0 Å². The van der Waals surface area contributed by atoms with Crippen LogP contribution in [0.25, 0.3) is 0 Å². The SMILES string of the molecule is CNC(=O)NCC1=CCOCC1. The smallest absolute Gasteiger partial charge is 0.314 e. The molecule has 4 heteroatoms. The molecule has 1 aliphatic rings. The summed E-state index contributed by atoms with van der Waals surface area (Å²) < 4.78 is 5.13. The number of rotatable bonds is 2. The summed E-state index contributed by atoms with van der Waals surface area (Å²) in [6, 6.07) is -0.137. The van der Waals surface area contributed by atoms with Gasteiger partial charge in [0.25, 0.3) is 0 Å². The first-order valence-electron chi connectivity index (χ1n) is 4.04. The van der Waals surface area contributed by atoms with Crippen LogP contribution in [0.4, 0.5) is 4.79 Å². The molecule has 0 aromatic rings. The lowest BCUT2D eigenvalue weighted by atomic mass is 10.1. The second kappa shape index (κ2) is 4.77. The number of carbonyl (C=O) groups excluding carboxylic acids is 1. The first kappa shape index (κ1) is 9.06. The van der Waals surface area contributed by atoms with Crippen LogP contribution in [0, 0.1) is 0 Å². The van der Waals surface area contributed by atoms with E-state index in [0.717, 1.165) is 13.0 Å². The summed E-state index contributed by atoms with van der Waals surface area (Å²) in [5, 5.41) is 5.22. The lowest BCUT2D eigenvalue weighted by Gasteiger charge is -2.13. The van der Waals surface area contributed by atoms with Crippen molar-refractivity contribution in [1.29, 1.82) is 0 Å². The van der Waals surface area contributed by atoms with Gasteiger partial charge in [0.1, 0.15) is 0 Å². The summed E-state index contributed by atoms with van der Waals surface area (Å²) in [5.74, 6) is 0. The Bertz CT molecular complexity index is 189. The quantitative estimate of drug-likeness (QED) is 0.584. The molecule has 0 unspecified atom stereocenters. The third kappa shape index (κ3) is 2.92. The van der Waals surface area contributed by atoms with Crippen molar-refractivity contribution < 1.29 is 9.53 Å². The van der Waals surface area contributed by atoms with Gasteiger partial charge in [-0.25, -0.2) is 4.79 Å². The first-order chi connectivity index (χ1) is 5.83. The molecule has 0 spiro atoms. The van der Waals surface area contributed by atoms with Crippen LogP contribution in [0.15, 0.2) is 11.6 Å². The molecular weight excluding hydrogens is 156 g/mol. The van der Waals surface area contributed by atoms with Gasteiger partial charge in [0, 0.05) is 13.6 Å². The molecule has 0 radical (unpaired) electrons. The van der Waals surface area contributed by atoms with Gasteiger partial charge in [-0.2, -0.15) is 0 Å². The molecule has 4 nitrogen and oxygen atoms in total. The Hall–Kier alpha value is -1.03. The average Bonchev–Trinajstić information content (AvgIpc) is 2.16. The molecule has 68 valence electrons. The third-order valence-corrected chi connectivity index (χ3v) is 1.76. The largest absolute Gasteiger partial charge is 0.377 e. The fourth-order valence-electron chi connectivity index (χ4n) is 1.01. The van der Waals surface area contributed by atoms with Gasteiger partial charge in [-0.05, 0) is 6.42 Å². The minimum absolute atomic E-state index is 0.137. The number of nitrogens with one attached hydrogen (secondary N) is 2. The van der Waals surface area contributed by atoms with Crippen molar-refractivity contribution in [2.24, 2.45) is 0 Å². The molecule has 0 aromatic carbocycles. The summed E-state index contributed by atoms with van der Waals surface area (Å²) in [6.07, 6.45) is 2.93. The predicted octanol–water partition coefficient (Wildman–Crippen LogP) is 0.262. The monoisotopic (exact) mass is 170 g/mol.